The predicted octanol–water partition coefficient (Wildman–Crippen LogP) is 2.25. The normalized spacial score (nSPS) is 31.3. The summed E-state index contributed by atoms with van der Waals surface area (Å²) in [7, 11) is 0. The number of hydrogen-bond acceptors (Lipinski definition) is 7. The van der Waals surface area contributed by atoms with Gasteiger partial charge in [-0.1, -0.05) is 30.3 Å². The predicted molar refractivity (Wildman–Crippen MR) is 102 cm³/mol. The zero-order valence-electron chi connectivity index (χ0n) is 17.1. The van der Waals surface area contributed by atoms with Gasteiger partial charge in [-0.05, 0) is 33.3 Å². The quantitative estimate of drug-likeness (QED) is 0.686. The maximum absolute atomic E-state index is 9.46. The minimum absolute atomic E-state index is 0.108. The minimum atomic E-state index is -0.718. The highest BCUT2D eigenvalue weighted by molar-refractivity contribution is 5.13. The molecule has 2 aliphatic rings. The summed E-state index contributed by atoms with van der Waals surface area (Å²) in [5.74, 6) is -1.40. The van der Waals surface area contributed by atoms with Crippen molar-refractivity contribution in [2.45, 2.75) is 70.3 Å². The Balaban J connectivity index is 1.45. The van der Waals surface area contributed by atoms with Crippen LogP contribution in [-0.4, -0.2) is 67.5 Å². The Morgan fingerprint density at radius 1 is 0.750 bits per heavy atom. The van der Waals surface area contributed by atoms with E-state index in [9.17, 15) is 5.11 Å². The Morgan fingerprint density at radius 2 is 1.21 bits per heavy atom. The van der Waals surface area contributed by atoms with Gasteiger partial charge in [-0.15, -0.1) is 0 Å². The summed E-state index contributed by atoms with van der Waals surface area (Å²) in [4.78, 5) is 0. The van der Waals surface area contributed by atoms with Gasteiger partial charge in [0.15, 0.2) is 11.6 Å². The third kappa shape index (κ3) is 5.97. The van der Waals surface area contributed by atoms with Gasteiger partial charge in [0.2, 0.25) is 0 Å². The van der Waals surface area contributed by atoms with Crippen molar-refractivity contribution in [3.8, 4) is 0 Å². The zero-order valence-corrected chi connectivity index (χ0v) is 17.1. The SMILES string of the molecule is CC1(C)OC(CO)C(COCC2OC(C)(C)OC2COCc2ccccc2)O1. The monoisotopic (exact) mass is 396 g/mol. The molecule has 4 atom stereocenters. The summed E-state index contributed by atoms with van der Waals surface area (Å²) in [5.41, 5.74) is 1.12. The van der Waals surface area contributed by atoms with Crippen LogP contribution in [0.3, 0.4) is 0 Å². The van der Waals surface area contributed by atoms with Gasteiger partial charge in [0, 0.05) is 0 Å². The van der Waals surface area contributed by atoms with E-state index in [0.717, 1.165) is 5.56 Å². The van der Waals surface area contributed by atoms with Crippen molar-refractivity contribution in [1.82, 2.24) is 0 Å². The maximum atomic E-state index is 9.46. The Bertz CT molecular complexity index is 604. The Hall–Kier alpha value is -1.06. The van der Waals surface area contributed by atoms with E-state index in [1.807, 2.05) is 58.0 Å². The van der Waals surface area contributed by atoms with Gasteiger partial charge in [-0.25, -0.2) is 0 Å². The van der Waals surface area contributed by atoms with Crippen LogP contribution in [-0.2, 0) is 35.0 Å². The van der Waals surface area contributed by atoms with Crippen LogP contribution in [0.25, 0.3) is 0 Å². The number of aliphatic hydroxyl groups is 1. The molecule has 0 aliphatic carbocycles. The lowest BCUT2D eigenvalue weighted by molar-refractivity contribution is -0.159. The molecule has 28 heavy (non-hydrogen) atoms. The Labute approximate surface area is 166 Å². The molecule has 0 amide bonds. The van der Waals surface area contributed by atoms with Gasteiger partial charge in [-0.2, -0.15) is 0 Å². The fraction of sp³-hybridized carbons (Fsp3) is 0.714. The highest BCUT2D eigenvalue weighted by Crippen LogP contribution is 2.30. The second kappa shape index (κ2) is 9.17. The first-order valence-electron chi connectivity index (χ1n) is 9.79. The average Bonchev–Trinajstić information content (AvgIpc) is 3.10. The van der Waals surface area contributed by atoms with E-state index in [2.05, 4.69) is 0 Å². The number of rotatable bonds is 9. The van der Waals surface area contributed by atoms with Crippen LogP contribution in [0.15, 0.2) is 30.3 Å². The molecule has 2 fully saturated rings. The van der Waals surface area contributed by atoms with Gasteiger partial charge < -0.3 is 33.5 Å². The molecule has 0 radical (unpaired) electrons. The molecule has 7 heteroatoms. The molecule has 3 rings (SSSR count). The molecule has 0 spiro atoms. The molecular formula is C21H32O7. The summed E-state index contributed by atoms with van der Waals surface area (Å²) in [6.45, 7) is 8.91. The van der Waals surface area contributed by atoms with Gasteiger partial charge in [0.1, 0.15) is 24.4 Å². The number of ether oxygens (including phenoxy) is 6. The fourth-order valence-electron chi connectivity index (χ4n) is 3.56. The second-order valence-electron chi connectivity index (χ2n) is 8.15. The van der Waals surface area contributed by atoms with E-state index in [-0.39, 0.29) is 24.9 Å². The number of benzene rings is 1. The van der Waals surface area contributed by atoms with Crippen molar-refractivity contribution in [3.63, 3.8) is 0 Å². The summed E-state index contributed by atoms with van der Waals surface area (Å²) in [6.07, 6.45) is -1.17. The highest BCUT2D eigenvalue weighted by atomic mass is 16.8. The van der Waals surface area contributed by atoms with Crippen LogP contribution in [0.2, 0.25) is 0 Å². The fourth-order valence-corrected chi connectivity index (χ4v) is 3.56. The largest absolute Gasteiger partial charge is 0.394 e. The first kappa shape index (κ1) is 21.6. The van der Waals surface area contributed by atoms with Crippen LogP contribution in [0.1, 0.15) is 33.3 Å². The molecule has 2 saturated heterocycles. The summed E-state index contributed by atoms with van der Waals surface area (Å²) >= 11 is 0. The average molecular weight is 396 g/mol. The van der Waals surface area contributed by atoms with Crippen molar-refractivity contribution in [3.05, 3.63) is 35.9 Å². The maximum Gasteiger partial charge on any atom is 0.163 e. The highest BCUT2D eigenvalue weighted by Gasteiger charge is 2.43. The van der Waals surface area contributed by atoms with Crippen molar-refractivity contribution < 1.29 is 33.5 Å². The molecule has 0 bridgehead atoms. The molecule has 2 heterocycles. The standard InChI is InChI=1S/C21H32O7/c1-20(2)25-16(10-22)17(26-20)12-24-14-19-18(27-21(3,4)28-19)13-23-11-15-8-6-5-7-9-15/h5-9,16-19,22H,10-14H2,1-4H3. The summed E-state index contributed by atoms with van der Waals surface area (Å²) < 4.78 is 35.1. The smallest absolute Gasteiger partial charge is 0.163 e. The van der Waals surface area contributed by atoms with Gasteiger partial charge in [0.25, 0.3) is 0 Å². The Kier molecular flexibility index (Phi) is 7.09. The Morgan fingerprint density at radius 3 is 1.75 bits per heavy atom. The number of aliphatic hydroxyl groups excluding tert-OH is 1. The zero-order chi connectivity index (χ0) is 20.2. The summed E-state index contributed by atoms with van der Waals surface area (Å²) in [6, 6.07) is 10.0. The first-order chi connectivity index (χ1) is 13.3. The molecule has 4 unspecified atom stereocenters. The second-order valence-corrected chi connectivity index (χ2v) is 8.15. The lowest BCUT2D eigenvalue weighted by Crippen LogP contribution is -2.35. The topological polar surface area (TPSA) is 75.6 Å². The third-order valence-corrected chi connectivity index (χ3v) is 4.71. The lowest BCUT2D eigenvalue weighted by Gasteiger charge is -2.20. The molecule has 2 aliphatic heterocycles. The van der Waals surface area contributed by atoms with Crippen molar-refractivity contribution in [2.75, 3.05) is 26.4 Å². The van der Waals surface area contributed by atoms with Gasteiger partial charge in [0.05, 0.1) is 33.0 Å². The van der Waals surface area contributed by atoms with Crippen molar-refractivity contribution in [1.29, 1.82) is 0 Å². The molecule has 1 aromatic carbocycles. The van der Waals surface area contributed by atoms with Crippen LogP contribution >= 0.6 is 0 Å². The van der Waals surface area contributed by atoms with Gasteiger partial charge in [-0.3, -0.25) is 0 Å². The lowest BCUT2D eigenvalue weighted by atomic mass is 10.2. The molecule has 7 nitrogen and oxygen atoms in total. The van der Waals surface area contributed by atoms with E-state index in [1.165, 1.54) is 0 Å². The molecule has 158 valence electrons. The minimum Gasteiger partial charge on any atom is -0.394 e. The molecule has 1 N–H and O–H groups in total. The molecule has 0 saturated carbocycles. The van der Waals surface area contributed by atoms with E-state index in [1.54, 1.807) is 0 Å². The number of hydrogen-bond donors (Lipinski definition) is 1. The van der Waals surface area contributed by atoms with Gasteiger partial charge >= 0.3 is 0 Å². The van der Waals surface area contributed by atoms with Crippen molar-refractivity contribution in [2.24, 2.45) is 0 Å². The molecule has 1 aromatic rings. The summed E-state index contributed by atoms with van der Waals surface area (Å²) in [5, 5.41) is 9.46. The van der Waals surface area contributed by atoms with Crippen LogP contribution < -0.4 is 0 Å². The molecular weight excluding hydrogens is 364 g/mol. The van der Waals surface area contributed by atoms with E-state index >= 15 is 0 Å². The van der Waals surface area contributed by atoms with Crippen molar-refractivity contribution >= 4 is 0 Å². The van der Waals surface area contributed by atoms with E-state index in [4.69, 9.17) is 28.4 Å². The van der Waals surface area contributed by atoms with E-state index < -0.39 is 17.7 Å². The van der Waals surface area contributed by atoms with Crippen LogP contribution in [0.4, 0.5) is 0 Å². The van der Waals surface area contributed by atoms with Crippen LogP contribution in [0, 0.1) is 0 Å². The molecule has 0 aromatic heterocycles. The van der Waals surface area contributed by atoms with E-state index in [0.29, 0.717) is 26.4 Å². The van der Waals surface area contributed by atoms with Crippen LogP contribution in [0.5, 0.6) is 0 Å². The third-order valence-electron chi connectivity index (χ3n) is 4.71. The first-order valence-corrected chi connectivity index (χ1v) is 9.79.